The molecule has 0 radical (unpaired) electrons. The van der Waals surface area contributed by atoms with E-state index >= 15 is 0 Å². The SMILES string of the molecule is O=C(NC1CCCCC1)[C@@H]1CCCN1S(=O)(=O)c1ccc(Cl)nc1. The predicted molar refractivity (Wildman–Crippen MR) is 91.2 cm³/mol. The number of pyridine rings is 1. The van der Waals surface area contributed by atoms with Crippen molar-refractivity contribution in [2.24, 2.45) is 0 Å². The Kier molecular flexibility index (Phi) is 5.42. The van der Waals surface area contributed by atoms with Gasteiger partial charge in [0.05, 0.1) is 0 Å². The Bertz CT molecular complexity index is 687. The first-order chi connectivity index (χ1) is 11.5. The third-order valence-electron chi connectivity index (χ3n) is 4.76. The molecule has 1 aromatic rings. The van der Waals surface area contributed by atoms with Crippen molar-refractivity contribution in [1.29, 1.82) is 0 Å². The second-order valence-electron chi connectivity index (χ2n) is 6.43. The topological polar surface area (TPSA) is 79.4 Å². The Morgan fingerprint density at radius 1 is 1.17 bits per heavy atom. The molecule has 1 amide bonds. The van der Waals surface area contributed by atoms with Crippen molar-refractivity contribution in [3.05, 3.63) is 23.5 Å². The molecule has 1 N–H and O–H groups in total. The number of nitrogens with zero attached hydrogens (tertiary/aromatic N) is 2. The highest BCUT2D eigenvalue weighted by Gasteiger charge is 2.40. The molecule has 2 fully saturated rings. The Morgan fingerprint density at radius 2 is 1.92 bits per heavy atom. The molecular weight excluding hydrogens is 350 g/mol. The summed E-state index contributed by atoms with van der Waals surface area (Å²) in [5.41, 5.74) is 0. The van der Waals surface area contributed by atoms with Crippen molar-refractivity contribution in [1.82, 2.24) is 14.6 Å². The van der Waals surface area contributed by atoms with Crippen LogP contribution >= 0.6 is 11.6 Å². The maximum absolute atomic E-state index is 12.8. The summed E-state index contributed by atoms with van der Waals surface area (Å²) in [6, 6.07) is 2.42. The highest BCUT2D eigenvalue weighted by molar-refractivity contribution is 7.89. The van der Waals surface area contributed by atoms with Gasteiger partial charge in [0.2, 0.25) is 15.9 Å². The summed E-state index contributed by atoms with van der Waals surface area (Å²) in [5.74, 6) is -0.176. The van der Waals surface area contributed by atoms with Crippen molar-refractivity contribution in [3.63, 3.8) is 0 Å². The molecular formula is C16H22ClN3O3S. The smallest absolute Gasteiger partial charge is 0.245 e. The van der Waals surface area contributed by atoms with Crippen LogP contribution in [0.3, 0.4) is 0 Å². The zero-order chi connectivity index (χ0) is 17.2. The van der Waals surface area contributed by atoms with Crippen LogP contribution in [-0.4, -0.2) is 42.2 Å². The molecule has 8 heteroatoms. The average Bonchev–Trinajstić information content (AvgIpc) is 3.07. The Balaban J connectivity index is 1.74. The summed E-state index contributed by atoms with van der Waals surface area (Å²) in [5, 5.41) is 3.28. The van der Waals surface area contributed by atoms with E-state index in [-0.39, 0.29) is 22.0 Å². The van der Waals surface area contributed by atoms with Gasteiger partial charge in [0, 0.05) is 18.8 Å². The van der Waals surface area contributed by atoms with Gasteiger partial charge in [-0.05, 0) is 37.8 Å². The molecule has 1 saturated carbocycles. The molecule has 6 nitrogen and oxygen atoms in total. The third kappa shape index (κ3) is 3.73. The quantitative estimate of drug-likeness (QED) is 0.824. The minimum Gasteiger partial charge on any atom is -0.352 e. The van der Waals surface area contributed by atoms with Gasteiger partial charge in [-0.15, -0.1) is 0 Å². The summed E-state index contributed by atoms with van der Waals surface area (Å²) in [6.45, 7) is 0.355. The van der Waals surface area contributed by atoms with E-state index in [1.165, 1.54) is 29.1 Å². The van der Waals surface area contributed by atoms with E-state index in [9.17, 15) is 13.2 Å². The fourth-order valence-electron chi connectivity index (χ4n) is 3.48. The maximum Gasteiger partial charge on any atom is 0.245 e. The van der Waals surface area contributed by atoms with Crippen molar-refractivity contribution >= 4 is 27.5 Å². The van der Waals surface area contributed by atoms with Gasteiger partial charge in [-0.3, -0.25) is 4.79 Å². The third-order valence-corrected chi connectivity index (χ3v) is 6.88. The molecule has 1 aliphatic heterocycles. The fraction of sp³-hybridized carbons (Fsp3) is 0.625. The van der Waals surface area contributed by atoms with Crippen molar-refractivity contribution in [2.75, 3.05) is 6.54 Å². The van der Waals surface area contributed by atoms with Crippen LogP contribution in [0.25, 0.3) is 0 Å². The molecule has 3 rings (SSSR count). The Morgan fingerprint density at radius 3 is 2.58 bits per heavy atom. The van der Waals surface area contributed by atoms with E-state index in [2.05, 4.69) is 10.3 Å². The number of sulfonamides is 1. The van der Waals surface area contributed by atoms with Crippen molar-refractivity contribution in [3.8, 4) is 0 Å². The normalized spacial score (nSPS) is 23.3. The second kappa shape index (κ2) is 7.37. The summed E-state index contributed by atoms with van der Waals surface area (Å²) in [6.07, 6.45) is 7.88. The van der Waals surface area contributed by atoms with Crippen LogP contribution in [0.2, 0.25) is 5.15 Å². The van der Waals surface area contributed by atoms with E-state index in [0.29, 0.717) is 19.4 Å². The van der Waals surface area contributed by atoms with Gasteiger partial charge in [0.15, 0.2) is 0 Å². The number of nitrogens with one attached hydrogen (secondary N) is 1. The number of hydrogen-bond acceptors (Lipinski definition) is 4. The number of rotatable bonds is 4. The van der Waals surface area contributed by atoms with Gasteiger partial charge in [0.25, 0.3) is 0 Å². The average molecular weight is 372 g/mol. The van der Waals surface area contributed by atoms with Gasteiger partial charge < -0.3 is 5.32 Å². The fourth-order valence-corrected chi connectivity index (χ4v) is 5.20. The predicted octanol–water partition coefficient (Wildman–Crippen LogP) is 2.34. The zero-order valence-corrected chi connectivity index (χ0v) is 15.0. The highest BCUT2D eigenvalue weighted by Crippen LogP contribution is 2.27. The lowest BCUT2D eigenvalue weighted by Gasteiger charge is -2.27. The number of carbonyl (C=O) groups is 1. The minimum atomic E-state index is -3.74. The standard InChI is InChI=1S/C16H22ClN3O3S/c17-15-9-8-13(11-18-15)24(22,23)20-10-4-7-14(20)16(21)19-12-5-2-1-3-6-12/h8-9,11-12,14H,1-7,10H2,(H,19,21)/t14-/m0/s1. The summed E-state index contributed by atoms with van der Waals surface area (Å²) >= 11 is 5.73. The van der Waals surface area contributed by atoms with Gasteiger partial charge >= 0.3 is 0 Å². The molecule has 1 atom stereocenters. The molecule has 2 aliphatic rings. The van der Waals surface area contributed by atoms with Crippen LogP contribution in [0, 0.1) is 0 Å². The van der Waals surface area contributed by atoms with Gasteiger partial charge in [-0.2, -0.15) is 4.31 Å². The van der Waals surface area contributed by atoms with E-state index in [1.807, 2.05) is 0 Å². The summed E-state index contributed by atoms with van der Waals surface area (Å²) < 4.78 is 26.9. The Labute approximate surface area is 147 Å². The molecule has 1 saturated heterocycles. The van der Waals surface area contributed by atoms with Gasteiger partial charge in [0.1, 0.15) is 16.1 Å². The lowest BCUT2D eigenvalue weighted by molar-refractivity contribution is -0.125. The van der Waals surface area contributed by atoms with Gasteiger partial charge in [-0.25, -0.2) is 13.4 Å². The first-order valence-corrected chi connectivity index (χ1v) is 10.2. The number of hydrogen-bond donors (Lipinski definition) is 1. The lowest BCUT2D eigenvalue weighted by Crippen LogP contribution is -2.49. The monoisotopic (exact) mass is 371 g/mol. The van der Waals surface area contributed by atoms with Crippen LogP contribution in [0.5, 0.6) is 0 Å². The van der Waals surface area contributed by atoms with Gasteiger partial charge in [-0.1, -0.05) is 30.9 Å². The van der Waals surface area contributed by atoms with Crippen LogP contribution in [0.15, 0.2) is 23.2 Å². The Hall–Kier alpha value is -1.18. The lowest BCUT2D eigenvalue weighted by atomic mass is 9.95. The van der Waals surface area contributed by atoms with E-state index < -0.39 is 16.1 Å². The molecule has 0 spiro atoms. The number of halogens is 1. The molecule has 1 aromatic heterocycles. The zero-order valence-electron chi connectivity index (χ0n) is 13.4. The molecule has 132 valence electrons. The molecule has 24 heavy (non-hydrogen) atoms. The number of aromatic nitrogens is 1. The second-order valence-corrected chi connectivity index (χ2v) is 8.71. The first kappa shape index (κ1) is 17.6. The molecule has 2 heterocycles. The van der Waals surface area contributed by atoms with Crippen LogP contribution in [-0.2, 0) is 14.8 Å². The molecule has 0 unspecified atom stereocenters. The van der Waals surface area contributed by atoms with E-state index in [0.717, 1.165) is 25.7 Å². The van der Waals surface area contributed by atoms with Crippen LogP contribution < -0.4 is 5.32 Å². The largest absolute Gasteiger partial charge is 0.352 e. The molecule has 0 aromatic carbocycles. The number of amides is 1. The van der Waals surface area contributed by atoms with Crippen molar-refractivity contribution in [2.45, 2.75) is 61.9 Å². The maximum atomic E-state index is 12.8. The molecule has 1 aliphatic carbocycles. The first-order valence-electron chi connectivity index (χ1n) is 8.42. The van der Waals surface area contributed by atoms with E-state index in [4.69, 9.17) is 11.6 Å². The van der Waals surface area contributed by atoms with Crippen LogP contribution in [0.4, 0.5) is 0 Å². The summed E-state index contributed by atoms with van der Waals surface area (Å²) in [7, 11) is -3.74. The summed E-state index contributed by atoms with van der Waals surface area (Å²) in [4.78, 5) is 16.5. The highest BCUT2D eigenvalue weighted by atomic mass is 35.5. The van der Waals surface area contributed by atoms with Crippen LogP contribution in [0.1, 0.15) is 44.9 Å². The van der Waals surface area contributed by atoms with Crippen molar-refractivity contribution < 1.29 is 13.2 Å². The number of carbonyl (C=O) groups excluding carboxylic acids is 1. The minimum absolute atomic E-state index is 0.0734. The van der Waals surface area contributed by atoms with E-state index in [1.54, 1.807) is 0 Å². The molecule has 0 bridgehead atoms.